The fourth-order valence-electron chi connectivity index (χ4n) is 1.91. The molecule has 0 fully saturated rings. The number of nitrogens with zero attached hydrogens (tertiary/aromatic N) is 1. The zero-order valence-electron chi connectivity index (χ0n) is 11.4. The van der Waals surface area contributed by atoms with Crippen LogP contribution in [-0.4, -0.2) is 39.5 Å². The zero-order valence-corrected chi connectivity index (χ0v) is 11.4. The highest BCUT2D eigenvalue weighted by Gasteiger charge is 2.09. The van der Waals surface area contributed by atoms with Gasteiger partial charge in [0.1, 0.15) is 0 Å². The number of methoxy groups -OCH3 is 3. The van der Waals surface area contributed by atoms with Crippen molar-refractivity contribution in [1.82, 2.24) is 4.98 Å². The maximum atomic E-state index is 5.32. The number of hydrogen-bond donors (Lipinski definition) is 1. The van der Waals surface area contributed by atoms with Crippen LogP contribution in [-0.2, 0) is 4.74 Å². The number of benzene rings is 1. The van der Waals surface area contributed by atoms with Crippen LogP contribution in [0.1, 0.15) is 0 Å². The molecule has 1 N–H and O–H groups in total. The van der Waals surface area contributed by atoms with Crippen molar-refractivity contribution >= 4 is 16.6 Å². The van der Waals surface area contributed by atoms with Gasteiger partial charge in [-0.1, -0.05) is 0 Å². The predicted molar refractivity (Wildman–Crippen MR) is 75.2 cm³/mol. The summed E-state index contributed by atoms with van der Waals surface area (Å²) >= 11 is 0. The second-order valence-corrected chi connectivity index (χ2v) is 4.00. The molecule has 1 heterocycles. The number of fused-ring (bicyclic) bond motifs is 1. The summed E-state index contributed by atoms with van der Waals surface area (Å²) in [4.78, 5) is 4.35. The summed E-state index contributed by atoms with van der Waals surface area (Å²) in [6, 6.07) is 5.73. The van der Waals surface area contributed by atoms with Crippen LogP contribution in [0.3, 0.4) is 0 Å². The van der Waals surface area contributed by atoms with Gasteiger partial charge in [-0.15, -0.1) is 0 Å². The monoisotopic (exact) mass is 262 g/mol. The molecule has 0 saturated carbocycles. The summed E-state index contributed by atoms with van der Waals surface area (Å²) in [7, 11) is 4.92. The Bertz CT molecular complexity index is 558. The lowest BCUT2D eigenvalue weighted by Gasteiger charge is -2.12. The quantitative estimate of drug-likeness (QED) is 0.810. The highest BCUT2D eigenvalue weighted by molar-refractivity contribution is 5.93. The van der Waals surface area contributed by atoms with E-state index in [-0.39, 0.29) is 0 Å². The van der Waals surface area contributed by atoms with Gasteiger partial charge in [-0.05, 0) is 12.1 Å². The van der Waals surface area contributed by atoms with E-state index in [1.165, 1.54) is 0 Å². The summed E-state index contributed by atoms with van der Waals surface area (Å²) in [5.74, 6) is 1.37. The SMILES string of the molecule is COCCNc1ccnc2cc(OC)c(OC)cc12. The maximum Gasteiger partial charge on any atom is 0.162 e. The zero-order chi connectivity index (χ0) is 13.7. The van der Waals surface area contributed by atoms with Gasteiger partial charge >= 0.3 is 0 Å². The molecule has 0 unspecified atom stereocenters. The van der Waals surface area contributed by atoms with Crippen LogP contribution in [0.25, 0.3) is 10.9 Å². The van der Waals surface area contributed by atoms with Gasteiger partial charge in [0, 0.05) is 37.0 Å². The van der Waals surface area contributed by atoms with Gasteiger partial charge in [-0.2, -0.15) is 0 Å². The van der Waals surface area contributed by atoms with E-state index in [4.69, 9.17) is 14.2 Å². The predicted octanol–water partition coefficient (Wildman–Crippen LogP) is 2.31. The van der Waals surface area contributed by atoms with Crippen molar-refractivity contribution in [3.63, 3.8) is 0 Å². The Labute approximate surface area is 112 Å². The molecular formula is C14H18N2O3. The van der Waals surface area contributed by atoms with Crippen molar-refractivity contribution in [2.24, 2.45) is 0 Å². The third-order valence-corrected chi connectivity index (χ3v) is 2.87. The van der Waals surface area contributed by atoms with Crippen molar-refractivity contribution in [2.75, 3.05) is 39.8 Å². The van der Waals surface area contributed by atoms with Crippen LogP contribution in [0.4, 0.5) is 5.69 Å². The maximum absolute atomic E-state index is 5.32. The van der Waals surface area contributed by atoms with Gasteiger partial charge in [-0.3, -0.25) is 4.98 Å². The smallest absolute Gasteiger partial charge is 0.162 e. The van der Waals surface area contributed by atoms with E-state index in [2.05, 4.69) is 10.3 Å². The summed E-state index contributed by atoms with van der Waals surface area (Å²) in [6.45, 7) is 1.39. The highest BCUT2D eigenvalue weighted by Crippen LogP contribution is 2.34. The molecule has 5 nitrogen and oxygen atoms in total. The molecule has 0 aliphatic rings. The van der Waals surface area contributed by atoms with Crippen LogP contribution < -0.4 is 14.8 Å². The van der Waals surface area contributed by atoms with Crippen LogP contribution >= 0.6 is 0 Å². The van der Waals surface area contributed by atoms with Crippen LogP contribution in [0.5, 0.6) is 11.5 Å². The van der Waals surface area contributed by atoms with Gasteiger partial charge in [0.25, 0.3) is 0 Å². The number of aromatic nitrogens is 1. The highest BCUT2D eigenvalue weighted by atomic mass is 16.5. The molecule has 1 aromatic carbocycles. The molecule has 1 aromatic heterocycles. The molecule has 102 valence electrons. The molecule has 0 amide bonds. The molecule has 19 heavy (non-hydrogen) atoms. The normalized spacial score (nSPS) is 10.5. The topological polar surface area (TPSA) is 52.6 Å². The van der Waals surface area contributed by atoms with Crippen molar-refractivity contribution in [2.45, 2.75) is 0 Å². The average Bonchev–Trinajstić information content (AvgIpc) is 2.46. The first-order valence-electron chi connectivity index (χ1n) is 6.03. The van der Waals surface area contributed by atoms with E-state index in [0.717, 1.165) is 23.1 Å². The molecule has 2 aromatic rings. The molecule has 0 spiro atoms. The third kappa shape index (κ3) is 2.88. The Morgan fingerprint density at radius 3 is 2.53 bits per heavy atom. The van der Waals surface area contributed by atoms with E-state index in [1.807, 2.05) is 18.2 Å². The first-order chi connectivity index (χ1) is 9.30. The van der Waals surface area contributed by atoms with E-state index < -0.39 is 0 Å². The van der Waals surface area contributed by atoms with E-state index in [0.29, 0.717) is 18.1 Å². The molecule has 2 rings (SSSR count). The summed E-state index contributed by atoms with van der Waals surface area (Å²) in [6.07, 6.45) is 1.77. The fourth-order valence-corrected chi connectivity index (χ4v) is 1.91. The molecule has 0 radical (unpaired) electrons. The summed E-state index contributed by atoms with van der Waals surface area (Å²) < 4.78 is 15.6. The lowest BCUT2D eigenvalue weighted by Crippen LogP contribution is -2.08. The minimum absolute atomic E-state index is 0.650. The number of pyridine rings is 1. The van der Waals surface area contributed by atoms with Gasteiger partial charge in [0.2, 0.25) is 0 Å². The minimum Gasteiger partial charge on any atom is -0.493 e. The lowest BCUT2D eigenvalue weighted by molar-refractivity contribution is 0.211. The number of hydrogen-bond acceptors (Lipinski definition) is 5. The summed E-state index contributed by atoms with van der Waals surface area (Å²) in [5.41, 5.74) is 1.86. The minimum atomic E-state index is 0.650. The Kier molecular flexibility index (Phi) is 4.41. The van der Waals surface area contributed by atoms with Crippen LogP contribution in [0.15, 0.2) is 24.4 Å². The Hall–Kier alpha value is -2.01. The Morgan fingerprint density at radius 1 is 1.11 bits per heavy atom. The van der Waals surface area contributed by atoms with Gasteiger partial charge in [-0.25, -0.2) is 0 Å². The van der Waals surface area contributed by atoms with Crippen molar-refractivity contribution in [1.29, 1.82) is 0 Å². The van der Waals surface area contributed by atoms with E-state index >= 15 is 0 Å². The Morgan fingerprint density at radius 2 is 1.84 bits per heavy atom. The molecule has 0 atom stereocenters. The molecule has 5 heteroatoms. The summed E-state index contributed by atoms with van der Waals surface area (Å²) in [5, 5.41) is 4.31. The molecule has 0 bridgehead atoms. The van der Waals surface area contributed by atoms with Crippen molar-refractivity contribution in [3.8, 4) is 11.5 Å². The molecule has 0 aliphatic carbocycles. The second kappa shape index (κ2) is 6.24. The van der Waals surface area contributed by atoms with E-state index in [9.17, 15) is 0 Å². The first kappa shape index (κ1) is 13.4. The standard InChI is InChI=1S/C14H18N2O3/c1-17-7-6-16-11-4-5-15-12-9-14(19-3)13(18-2)8-10(11)12/h4-5,8-9H,6-7H2,1-3H3,(H,15,16). The number of ether oxygens (including phenoxy) is 3. The van der Waals surface area contributed by atoms with Crippen LogP contribution in [0, 0.1) is 0 Å². The first-order valence-corrected chi connectivity index (χ1v) is 6.03. The average molecular weight is 262 g/mol. The van der Waals surface area contributed by atoms with Gasteiger partial charge < -0.3 is 19.5 Å². The number of nitrogens with one attached hydrogen (secondary N) is 1. The van der Waals surface area contributed by atoms with E-state index in [1.54, 1.807) is 27.5 Å². The Balaban J connectivity index is 2.42. The lowest BCUT2D eigenvalue weighted by atomic mass is 10.1. The van der Waals surface area contributed by atoms with Crippen molar-refractivity contribution in [3.05, 3.63) is 24.4 Å². The number of anilines is 1. The van der Waals surface area contributed by atoms with Gasteiger partial charge in [0.05, 0.1) is 26.3 Å². The molecule has 0 aliphatic heterocycles. The van der Waals surface area contributed by atoms with Gasteiger partial charge in [0.15, 0.2) is 11.5 Å². The van der Waals surface area contributed by atoms with Crippen molar-refractivity contribution < 1.29 is 14.2 Å². The largest absolute Gasteiger partial charge is 0.493 e. The molecule has 0 saturated heterocycles. The second-order valence-electron chi connectivity index (χ2n) is 4.00. The fraction of sp³-hybridized carbons (Fsp3) is 0.357. The number of rotatable bonds is 6. The third-order valence-electron chi connectivity index (χ3n) is 2.87. The van der Waals surface area contributed by atoms with Crippen LogP contribution in [0.2, 0.25) is 0 Å². The molecular weight excluding hydrogens is 244 g/mol.